The van der Waals surface area contributed by atoms with Gasteiger partial charge in [-0.2, -0.15) is 0 Å². The van der Waals surface area contributed by atoms with Crippen molar-refractivity contribution in [2.24, 2.45) is 0 Å². The van der Waals surface area contributed by atoms with E-state index in [-0.39, 0.29) is 0 Å². The van der Waals surface area contributed by atoms with Crippen LogP contribution in [0.25, 0.3) is 0 Å². The van der Waals surface area contributed by atoms with Gasteiger partial charge in [0.1, 0.15) is 0 Å². The Morgan fingerprint density at radius 3 is 2.67 bits per heavy atom. The van der Waals surface area contributed by atoms with Gasteiger partial charge in [0.2, 0.25) is 0 Å². The van der Waals surface area contributed by atoms with Crippen LogP contribution in [0, 0.1) is 0 Å². The number of hydrogen-bond donors (Lipinski definition) is 1. The highest BCUT2D eigenvalue weighted by atomic mass is 15.1. The van der Waals surface area contributed by atoms with Crippen molar-refractivity contribution in [2.75, 3.05) is 7.05 Å². The molecule has 1 aromatic rings. The van der Waals surface area contributed by atoms with Crippen molar-refractivity contribution >= 4 is 0 Å². The van der Waals surface area contributed by atoms with E-state index in [0.717, 1.165) is 25.2 Å². The van der Waals surface area contributed by atoms with E-state index in [0.29, 0.717) is 0 Å². The topological polar surface area (TPSA) is 28.2 Å². The monoisotopic (exact) mass is 245 g/mol. The van der Waals surface area contributed by atoms with Crippen molar-refractivity contribution in [3.8, 4) is 0 Å². The van der Waals surface area contributed by atoms with E-state index in [1.807, 2.05) is 6.20 Å². The summed E-state index contributed by atoms with van der Waals surface area (Å²) in [5, 5.41) is 3.52. The highest BCUT2D eigenvalue weighted by Crippen LogP contribution is 2.24. The summed E-state index contributed by atoms with van der Waals surface area (Å²) in [6.07, 6.45) is 8.84. The van der Waals surface area contributed by atoms with Crippen LogP contribution in [0.4, 0.5) is 0 Å². The van der Waals surface area contributed by atoms with Crippen LogP contribution in [0.15, 0.2) is 18.3 Å². The van der Waals surface area contributed by atoms with Crippen molar-refractivity contribution in [3.63, 3.8) is 0 Å². The van der Waals surface area contributed by atoms with Gasteiger partial charge in [0.15, 0.2) is 0 Å². The average molecular weight is 245 g/mol. The van der Waals surface area contributed by atoms with Crippen LogP contribution >= 0.6 is 0 Å². The molecular formula is C15H23N3. The molecule has 0 bridgehead atoms. The molecule has 2 aliphatic rings. The quantitative estimate of drug-likeness (QED) is 0.833. The molecule has 1 aromatic heterocycles. The largest absolute Gasteiger partial charge is 0.310 e. The summed E-state index contributed by atoms with van der Waals surface area (Å²) in [5.74, 6) is 0. The third-order valence-electron chi connectivity index (χ3n) is 4.17. The molecule has 1 N–H and O–H groups in total. The van der Waals surface area contributed by atoms with Gasteiger partial charge in [-0.3, -0.25) is 9.88 Å². The molecule has 2 saturated carbocycles. The first-order valence-corrected chi connectivity index (χ1v) is 7.19. The van der Waals surface area contributed by atoms with Gasteiger partial charge in [-0.05, 0) is 44.4 Å². The minimum absolute atomic E-state index is 0.773. The van der Waals surface area contributed by atoms with Gasteiger partial charge in [0, 0.05) is 31.4 Å². The van der Waals surface area contributed by atoms with Crippen LogP contribution in [-0.4, -0.2) is 29.0 Å². The summed E-state index contributed by atoms with van der Waals surface area (Å²) < 4.78 is 0. The Bertz CT molecular complexity index is 379. The first-order valence-electron chi connectivity index (χ1n) is 7.19. The second-order valence-electron chi connectivity index (χ2n) is 5.81. The molecule has 0 atom stereocenters. The zero-order chi connectivity index (χ0) is 12.4. The highest BCUT2D eigenvalue weighted by Gasteiger charge is 2.22. The number of nitrogens with one attached hydrogen (secondary N) is 1. The Kier molecular flexibility index (Phi) is 3.62. The summed E-state index contributed by atoms with van der Waals surface area (Å²) in [6, 6.07) is 5.96. The Morgan fingerprint density at radius 2 is 2.11 bits per heavy atom. The molecule has 0 saturated heterocycles. The van der Waals surface area contributed by atoms with Gasteiger partial charge >= 0.3 is 0 Å². The van der Waals surface area contributed by atoms with Gasteiger partial charge < -0.3 is 5.32 Å². The summed E-state index contributed by atoms with van der Waals surface area (Å²) in [5.41, 5.74) is 2.50. The fraction of sp³-hybridized carbons (Fsp3) is 0.667. The SMILES string of the molecule is CN(Cc1ccc(CNC2CC2)cn1)C1CCC1. The van der Waals surface area contributed by atoms with Gasteiger partial charge in [0.05, 0.1) is 5.69 Å². The molecule has 0 radical (unpaired) electrons. The second-order valence-corrected chi connectivity index (χ2v) is 5.81. The van der Waals surface area contributed by atoms with Gasteiger partial charge in [-0.15, -0.1) is 0 Å². The first-order chi connectivity index (χ1) is 8.81. The Morgan fingerprint density at radius 1 is 1.28 bits per heavy atom. The molecule has 1 heterocycles. The lowest BCUT2D eigenvalue weighted by atomic mass is 9.92. The summed E-state index contributed by atoms with van der Waals surface area (Å²) >= 11 is 0. The predicted molar refractivity (Wildman–Crippen MR) is 73.2 cm³/mol. The Labute approximate surface area is 110 Å². The molecule has 18 heavy (non-hydrogen) atoms. The molecule has 98 valence electrons. The Balaban J connectivity index is 1.49. The molecule has 0 unspecified atom stereocenters. The van der Waals surface area contributed by atoms with E-state index in [1.54, 1.807) is 0 Å². The van der Waals surface area contributed by atoms with Gasteiger partial charge in [-0.25, -0.2) is 0 Å². The number of pyridine rings is 1. The standard InChI is InChI=1S/C15H23N3/c1-18(15-3-2-4-15)11-14-6-5-12(10-17-14)9-16-13-7-8-13/h5-6,10,13,15-16H,2-4,7-9,11H2,1H3. The zero-order valence-electron chi connectivity index (χ0n) is 11.2. The lowest BCUT2D eigenvalue weighted by molar-refractivity contribution is 0.151. The Hall–Kier alpha value is -0.930. The van der Waals surface area contributed by atoms with Crippen molar-refractivity contribution < 1.29 is 0 Å². The van der Waals surface area contributed by atoms with Gasteiger partial charge in [-0.1, -0.05) is 12.5 Å². The van der Waals surface area contributed by atoms with Crippen LogP contribution in [0.5, 0.6) is 0 Å². The smallest absolute Gasteiger partial charge is 0.0544 e. The lowest BCUT2D eigenvalue weighted by Crippen LogP contribution is -2.36. The molecule has 2 fully saturated rings. The van der Waals surface area contributed by atoms with E-state index in [9.17, 15) is 0 Å². The molecule has 0 aromatic carbocycles. The van der Waals surface area contributed by atoms with Crippen molar-refractivity contribution in [3.05, 3.63) is 29.6 Å². The van der Waals surface area contributed by atoms with Crippen LogP contribution < -0.4 is 5.32 Å². The third kappa shape index (κ3) is 3.09. The second kappa shape index (κ2) is 5.37. The number of aromatic nitrogens is 1. The maximum atomic E-state index is 4.58. The summed E-state index contributed by atoms with van der Waals surface area (Å²) in [7, 11) is 2.22. The van der Waals surface area contributed by atoms with E-state index in [2.05, 4.69) is 34.4 Å². The summed E-state index contributed by atoms with van der Waals surface area (Å²) in [6.45, 7) is 1.96. The van der Waals surface area contributed by atoms with Gasteiger partial charge in [0.25, 0.3) is 0 Å². The lowest BCUT2D eigenvalue weighted by Gasteiger charge is -2.34. The zero-order valence-corrected chi connectivity index (χ0v) is 11.2. The van der Waals surface area contributed by atoms with Crippen molar-refractivity contribution in [2.45, 2.75) is 57.3 Å². The van der Waals surface area contributed by atoms with E-state index < -0.39 is 0 Å². The van der Waals surface area contributed by atoms with Crippen LogP contribution in [0.3, 0.4) is 0 Å². The maximum Gasteiger partial charge on any atom is 0.0544 e. The fourth-order valence-corrected chi connectivity index (χ4v) is 2.41. The first kappa shape index (κ1) is 12.1. The number of rotatable bonds is 6. The van der Waals surface area contributed by atoms with Crippen LogP contribution in [-0.2, 0) is 13.1 Å². The molecule has 0 spiro atoms. The fourth-order valence-electron chi connectivity index (χ4n) is 2.41. The molecule has 0 amide bonds. The minimum Gasteiger partial charge on any atom is -0.310 e. The van der Waals surface area contributed by atoms with Crippen LogP contribution in [0.1, 0.15) is 43.4 Å². The van der Waals surface area contributed by atoms with E-state index >= 15 is 0 Å². The van der Waals surface area contributed by atoms with E-state index in [4.69, 9.17) is 0 Å². The number of nitrogens with zero attached hydrogens (tertiary/aromatic N) is 2. The molecule has 3 heteroatoms. The number of hydrogen-bond acceptors (Lipinski definition) is 3. The summed E-state index contributed by atoms with van der Waals surface area (Å²) in [4.78, 5) is 7.01. The molecule has 2 aliphatic carbocycles. The normalized spacial score (nSPS) is 20.1. The molecule has 0 aliphatic heterocycles. The highest BCUT2D eigenvalue weighted by molar-refractivity contribution is 5.14. The molecule has 3 nitrogen and oxygen atoms in total. The minimum atomic E-state index is 0.773. The molecule has 3 rings (SSSR count). The van der Waals surface area contributed by atoms with Crippen molar-refractivity contribution in [1.82, 2.24) is 15.2 Å². The maximum absolute atomic E-state index is 4.58. The van der Waals surface area contributed by atoms with Crippen LogP contribution in [0.2, 0.25) is 0 Å². The average Bonchev–Trinajstić information content (AvgIpc) is 3.09. The van der Waals surface area contributed by atoms with E-state index in [1.165, 1.54) is 43.4 Å². The third-order valence-corrected chi connectivity index (χ3v) is 4.17. The predicted octanol–water partition coefficient (Wildman–Crippen LogP) is 2.32. The van der Waals surface area contributed by atoms with Crippen molar-refractivity contribution in [1.29, 1.82) is 0 Å². The molecular weight excluding hydrogens is 222 g/mol.